The number of anilines is 1. The van der Waals surface area contributed by atoms with Crippen molar-refractivity contribution in [3.8, 4) is 12.3 Å². The smallest absolute Gasteiger partial charge is 0.301 e. The number of nitrogens with zero attached hydrogens (tertiary/aromatic N) is 4. The van der Waals surface area contributed by atoms with Gasteiger partial charge in [0.25, 0.3) is 5.91 Å². The Balaban J connectivity index is 2.02. The summed E-state index contributed by atoms with van der Waals surface area (Å²) in [6.45, 7) is -1.35. The number of carbonyl (C=O) groups is 1. The summed E-state index contributed by atoms with van der Waals surface area (Å²) < 4.78 is 40.2. The lowest BCUT2D eigenvalue weighted by atomic mass is 10.1. The number of terminal acetylenes is 1. The van der Waals surface area contributed by atoms with Crippen molar-refractivity contribution in [2.24, 2.45) is 0 Å². The molecular weight excluding hydrogens is 321 g/mol. The van der Waals surface area contributed by atoms with Crippen molar-refractivity contribution >= 4 is 11.6 Å². The Morgan fingerprint density at radius 2 is 2.08 bits per heavy atom. The molecule has 1 aliphatic rings. The van der Waals surface area contributed by atoms with E-state index >= 15 is 0 Å². The lowest BCUT2D eigenvalue weighted by Gasteiger charge is -2.26. The van der Waals surface area contributed by atoms with Crippen LogP contribution in [0.5, 0.6) is 0 Å². The lowest BCUT2D eigenvalue weighted by molar-refractivity contribution is -0.134. The molecule has 0 spiro atoms. The first-order valence-electron chi connectivity index (χ1n) is 7.23. The van der Waals surface area contributed by atoms with Crippen LogP contribution in [-0.2, 0) is 11.2 Å². The van der Waals surface area contributed by atoms with Crippen LogP contribution in [0.3, 0.4) is 0 Å². The number of aryl methyl sites for hydroxylation is 1. The van der Waals surface area contributed by atoms with Crippen molar-refractivity contribution in [3.05, 3.63) is 41.7 Å². The molecule has 2 aromatic rings. The second-order valence-corrected chi connectivity index (χ2v) is 5.45. The van der Waals surface area contributed by atoms with Crippen LogP contribution in [0.4, 0.5) is 18.9 Å². The lowest BCUT2D eigenvalue weighted by Crippen LogP contribution is -2.42. The highest BCUT2D eigenvalue weighted by molar-refractivity contribution is 5.97. The Kier molecular flexibility index (Phi) is 4.01. The van der Waals surface area contributed by atoms with E-state index in [-0.39, 0.29) is 11.4 Å². The van der Waals surface area contributed by atoms with E-state index in [0.29, 0.717) is 18.4 Å². The van der Waals surface area contributed by atoms with Gasteiger partial charge in [-0.2, -0.15) is 13.2 Å². The van der Waals surface area contributed by atoms with Gasteiger partial charge in [0.1, 0.15) is 12.6 Å². The third kappa shape index (κ3) is 3.11. The van der Waals surface area contributed by atoms with E-state index in [9.17, 15) is 18.0 Å². The fourth-order valence-electron chi connectivity index (χ4n) is 2.78. The minimum Gasteiger partial charge on any atom is -0.301 e. The summed E-state index contributed by atoms with van der Waals surface area (Å²) in [7, 11) is 0. The van der Waals surface area contributed by atoms with Gasteiger partial charge in [0.05, 0.1) is 6.20 Å². The summed E-state index contributed by atoms with van der Waals surface area (Å²) >= 11 is 0. The average Bonchev–Trinajstić information content (AvgIpc) is 2.96. The Hall–Kier alpha value is -2.82. The highest BCUT2D eigenvalue weighted by atomic mass is 19.4. The van der Waals surface area contributed by atoms with Gasteiger partial charge >= 0.3 is 6.18 Å². The topological polar surface area (TPSA) is 51.0 Å². The van der Waals surface area contributed by atoms with E-state index < -0.39 is 24.7 Å². The largest absolute Gasteiger partial charge is 0.406 e. The van der Waals surface area contributed by atoms with Crippen LogP contribution in [0.15, 0.2) is 30.5 Å². The first-order chi connectivity index (χ1) is 11.4. The average molecular weight is 334 g/mol. The van der Waals surface area contributed by atoms with Crippen LogP contribution < -0.4 is 4.90 Å². The summed E-state index contributed by atoms with van der Waals surface area (Å²) in [5, 5.41) is 7.50. The van der Waals surface area contributed by atoms with Crippen molar-refractivity contribution < 1.29 is 18.0 Å². The summed E-state index contributed by atoms with van der Waals surface area (Å²) in [6.07, 6.45) is 2.88. The van der Waals surface area contributed by atoms with E-state index in [1.165, 1.54) is 16.9 Å². The Morgan fingerprint density at radius 1 is 1.33 bits per heavy atom. The maximum atomic E-state index is 13.0. The molecule has 0 fully saturated rings. The van der Waals surface area contributed by atoms with Gasteiger partial charge in [-0.1, -0.05) is 23.4 Å². The number of carbonyl (C=O) groups excluding carboxylic acids is 1. The zero-order chi connectivity index (χ0) is 17.3. The summed E-state index contributed by atoms with van der Waals surface area (Å²) in [5.41, 5.74) is 1.20. The fraction of sp³-hybridized carbons (Fsp3) is 0.312. The molecule has 0 saturated carbocycles. The predicted molar refractivity (Wildman–Crippen MR) is 80.2 cm³/mol. The van der Waals surface area contributed by atoms with Crippen LogP contribution in [0.2, 0.25) is 0 Å². The zero-order valence-corrected chi connectivity index (χ0v) is 12.5. The molecule has 1 aromatic heterocycles. The van der Waals surface area contributed by atoms with Gasteiger partial charge in [-0.25, -0.2) is 4.68 Å². The van der Waals surface area contributed by atoms with Crippen LogP contribution in [0.25, 0.3) is 0 Å². The molecule has 0 radical (unpaired) electrons. The van der Waals surface area contributed by atoms with Gasteiger partial charge in [-0.15, -0.1) is 11.5 Å². The van der Waals surface area contributed by atoms with Crippen molar-refractivity contribution in [3.63, 3.8) is 0 Å². The molecule has 24 heavy (non-hydrogen) atoms. The van der Waals surface area contributed by atoms with E-state index in [4.69, 9.17) is 6.42 Å². The number of hydrogen-bond donors (Lipinski definition) is 0. The molecule has 0 bridgehead atoms. The fourth-order valence-corrected chi connectivity index (χ4v) is 2.78. The van der Waals surface area contributed by atoms with Crippen molar-refractivity contribution in [2.45, 2.75) is 25.1 Å². The Bertz CT molecular complexity index is 806. The summed E-state index contributed by atoms with van der Waals surface area (Å²) in [6, 6.07) is 5.72. The number of aromatic nitrogens is 3. The van der Waals surface area contributed by atoms with Gasteiger partial charge in [-0.05, 0) is 30.4 Å². The van der Waals surface area contributed by atoms with Gasteiger partial charge in [0.2, 0.25) is 0 Å². The second kappa shape index (κ2) is 6.00. The molecule has 1 amide bonds. The molecule has 0 saturated heterocycles. The SMILES string of the molecule is C#Cc1cn(C2CCc3ccccc3N(CC(F)(F)F)C2=O)nn1. The molecule has 1 atom stereocenters. The number of benzene rings is 1. The summed E-state index contributed by atoms with van der Waals surface area (Å²) in [5.74, 6) is 1.61. The Labute approximate surface area is 136 Å². The monoisotopic (exact) mass is 334 g/mol. The Morgan fingerprint density at radius 3 is 2.75 bits per heavy atom. The molecule has 5 nitrogen and oxygen atoms in total. The van der Waals surface area contributed by atoms with Gasteiger partial charge < -0.3 is 4.90 Å². The minimum absolute atomic E-state index is 0.229. The second-order valence-electron chi connectivity index (χ2n) is 5.45. The molecule has 1 unspecified atom stereocenters. The molecule has 8 heteroatoms. The molecule has 0 aliphatic carbocycles. The highest BCUT2D eigenvalue weighted by Gasteiger charge is 2.39. The number of alkyl halides is 3. The molecule has 1 aromatic carbocycles. The summed E-state index contributed by atoms with van der Waals surface area (Å²) in [4.78, 5) is 13.5. The van der Waals surface area contributed by atoms with E-state index in [0.717, 1.165) is 4.90 Å². The molecular formula is C16H13F3N4O. The first-order valence-corrected chi connectivity index (χ1v) is 7.23. The van der Waals surface area contributed by atoms with E-state index in [1.54, 1.807) is 18.2 Å². The maximum absolute atomic E-state index is 13.0. The zero-order valence-electron chi connectivity index (χ0n) is 12.5. The molecule has 124 valence electrons. The third-order valence-electron chi connectivity index (χ3n) is 3.84. The first kappa shape index (κ1) is 16.1. The van der Waals surface area contributed by atoms with Crippen LogP contribution in [0.1, 0.15) is 23.7 Å². The van der Waals surface area contributed by atoms with Crippen LogP contribution in [0, 0.1) is 12.3 Å². The number of fused-ring (bicyclic) bond motifs is 1. The third-order valence-corrected chi connectivity index (χ3v) is 3.84. The van der Waals surface area contributed by atoms with Crippen LogP contribution >= 0.6 is 0 Å². The van der Waals surface area contributed by atoms with Crippen molar-refractivity contribution in [2.75, 3.05) is 11.4 Å². The molecule has 3 rings (SSSR count). The number of hydrogen-bond acceptors (Lipinski definition) is 3. The van der Waals surface area contributed by atoms with Gasteiger partial charge in [0.15, 0.2) is 5.69 Å². The van der Waals surface area contributed by atoms with Crippen LogP contribution in [-0.4, -0.2) is 33.6 Å². The van der Waals surface area contributed by atoms with Gasteiger partial charge in [-0.3, -0.25) is 4.79 Å². The maximum Gasteiger partial charge on any atom is 0.406 e. The normalized spacial score (nSPS) is 18.0. The predicted octanol–water partition coefficient (Wildman–Crippen LogP) is 2.34. The van der Waals surface area contributed by atoms with Gasteiger partial charge in [0, 0.05) is 5.69 Å². The standard InChI is InChI=1S/C16H13F3N4O/c1-2-12-9-23(21-20-12)14-8-7-11-5-3-4-6-13(11)22(15(14)24)10-16(17,18)19/h1,3-6,9,14H,7-8,10H2. The molecule has 0 N–H and O–H groups in total. The number of halogens is 3. The number of para-hydroxylation sites is 1. The van der Waals surface area contributed by atoms with E-state index in [1.807, 2.05) is 0 Å². The van der Waals surface area contributed by atoms with E-state index in [2.05, 4.69) is 16.2 Å². The highest BCUT2D eigenvalue weighted by Crippen LogP contribution is 2.33. The number of rotatable bonds is 2. The quantitative estimate of drug-likeness (QED) is 0.792. The minimum atomic E-state index is -4.51. The molecule has 1 aliphatic heterocycles. The number of amides is 1. The van der Waals surface area contributed by atoms with Crippen molar-refractivity contribution in [1.82, 2.24) is 15.0 Å². The molecule has 2 heterocycles. The van der Waals surface area contributed by atoms with Crippen molar-refractivity contribution in [1.29, 1.82) is 0 Å².